The topological polar surface area (TPSA) is 65.0 Å². The molecule has 0 amide bonds. The molecule has 1 N–H and O–H groups in total. The third kappa shape index (κ3) is 3.10. The lowest BCUT2D eigenvalue weighted by Crippen LogP contribution is -2.53. The molecule has 6 unspecified atom stereocenters. The molecule has 3 saturated carbocycles. The van der Waals surface area contributed by atoms with E-state index in [4.69, 9.17) is 14.2 Å². The van der Waals surface area contributed by atoms with E-state index in [1.165, 1.54) is 0 Å². The molecule has 5 nitrogen and oxygen atoms in total. The Hall–Kier alpha value is -1.05. The van der Waals surface area contributed by atoms with Crippen LogP contribution in [0.2, 0.25) is 0 Å². The fourth-order valence-electron chi connectivity index (χ4n) is 5.93. The van der Waals surface area contributed by atoms with E-state index in [9.17, 15) is 18.7 Å². The summed E-state index contributed by atoms with van der Waals surface area (Å²) in [5.41, 5.74) is -0.203. The molecule has 7 heteroatoms. The number of hydrogen-bond donors (Lipinski definition) is 1. The zero-order valence-electron chi connectivity index (χ0n) is 16.6. The van der Waals surface area contributed by atoms with Crippen molar-refractivity contribution in [3.8, 4) is 0 Å². The van der Waals surface area contributed by atoms with Crippen LogP contribution >= 0.6 is 0 Å². The van der Waals surface area contributed by atoms with Crippen LogP contribution < -0.4 is 0 Å². The average Bonchev–Trinajstić information content (AvgIpc) is 3.36. The van der Waals surface area contributed by atoms with Crippen LogP contribution in [0, 0.1) is 17.8 Å². The maximum atomic E-state index is 14.6. The van der Waals surface area contributed by atoms with Crippen molar-refractivity contribution in [1.29, 1.82) is 0 Å². The van der Waals surface area contributed by atoms with Crippen molar-refractivity contribution in [3.63, 3.8) is 0 Å². The Balaban J connectivity index is 1.47. The molecule has 4 aliphatic rings. The molecule has 0 spiro atoms. The van der Waals surface area contributed by atoms with Gasteiger partial charge in [-0.25, -0.2) is 4.79 Å². The first-order valence-electron chi connectivity index (χ1n) is 10.3. The largest absolute Gasteiger partial charge is 0.459 e. The maximum absolute atomic E-state index is 14.6. The van der Waals surface area contributed by atoms with Crippen LogP contribution in [0.15, 0.2) is 12.2 Å². The Labute approximate surface area is 164 Å². The van der Waals surface area contributed by atoms with E-state index < -0.39 is 23.4 Å². The Morgan fingerprint density at radius 1 is 1.18 bits per heavy atom. The van der Waals surface area contributed by atoms with Gasteiger partial charge >= 0.3 is 11.9 Å². The molecule has 0 radical (unpaired) electrons. The number of hydrogen-bond acceptors (Lipinski definition) is 5. The smallest absolute Gasteiger partial charge is 0.333 e. The highest BCUT2D eigenvalue weighted by molar-refractivity contribution is 5.87. The van der Waals surface area contributed by atoms with Gasteiger partial charge < -0.3 is 19.3 Å². The number of halogens is 2. The van der Waals surface area contributed by atoms with Crippen LogP contribution in [0.5, 0.6) is 0 Å². The number of fused-ring (bicyclic) bond motifs is 2. The molecule has 6 atom stereocenters. The number of rotatable bonds is 5. The molecule has 0 aromatic heterocycles. The molecular weight excluding hydrogens is 370 g/mol. The molecule has 0 aromatic rings. The van der Waals surface area contributed by atoms with Gasteiger partial charge in [-0.1, -0.05) is 19.4 Å². The van der Waals surface area contributed by atoms with Crippen molar-refractivity contribution in [2.24, 2.45) is 17.8 Å². The van der Waals surface area contributed by atoms with Gasteiger partial charge in [0, 0.05) is 5.57 Å². The van der Waals surface area contributed by atoms with Gasteiger partial charge in [-0.05, 0) is 63.7 Å². The number of ether oxygens (including phenoxy) is 3. The van der Waals surface area contributed by atoms with Crippen molar-refractivity contribution in [3.05, 3.63) is 12.2 Å². The van der Waals surface area contributed by atoms with Gasteiger partial charge in [-0.3, -0.25) is 0 Å². The van der Waals surface area contributed by atoms with Gasteiger partial charge in [0.2, 0.25) is 5.79 Å². The number of alkyl halides is 2. The predicted molar refractivity (Wildman–Crippen MR) is 96.6 cm³/mol. The highest BCUT2D eigenvalue weighted by atomic mass is 19.3. The Bertz CT molecular complexity index is 655. The van der Waals surface area contributed by atoms with E-state index in [0.717, 1.165) is 51.9 Å². The van der Waals surface area contributed by atoms with E-state index >= 15 is 0 Å². The first-order chi connectivity index (χ1) is 13.1. The quantitative estimate of drug-likeness (QED) is 0.564. The van der Waals surface area contributed by atoms with Gasteiger partial charge in [-0.2, -0.15) is 8.78 Å². The van der Waals surface area contributed by atoms with E-state index in [-0.39, 0.29) is 30.5 Å². The Morgan fingerprint density at radius 2 is 1.86 bits per heavy atom. The summed E-state index contributed by atoms with van der Waals surface area (Å²) in [6.07, 6.45) is 4.41. The van der Waals surface area contributed by atoms with Crippen molar-refractivity contribution in [1.82, 2.24) is 0 Å². The highest BCUT2D eigenvalue weighted by Crippen LogP contribution is 2.59. The lowest BCUT2D eigenvalue weighted by molar-refractivity contribution is -0.282. The SMILES string of the molecule is C=C(C)C(=O)OC1CC2CC1CC2C1(OC2COC(C)(O)C2(F)F)CCCC1. The van der Waals surface area contributed by atoms with Gasteiger partial charge in [0.15, 0.2) is 6.10 Å². The van der Waals surface area contributed by atoms with Crippen molar-refractivity contribution >= 4 is 5.97 Å². The normalized spacial score (nSPS) is 43.4. The summed E-state index contributed by atoms with van der Waals surface area (Å²) in [6, 6.07) is 0. The summed E-state index contributed by atoms with van der Waals surface area (Å²) in [5.74, 6) is -5.55. The van der Waals surface area contributed by atoms with Gasteiger partial charge in [0.05, 0.1) is 12.2 Å². The molecular formula is C21H30F2O5. The van der Waals surface area contributed by atoms with E-state index in [0.29, 0.717) is 11.5 Å². The summed E-state index contributed by atoms with van der Waals surface area (Å²) in [4.78, 5) is 11.9. The number of esters is 1. The first kappa shape index (κ1) is 20.2. The summed E-state index contributed by atoms with van der Waals surface area (Å²) in [7, 11) is 0. The highest BCUT2D eigenvalue weighted by Gasteiger charge is 2.65. The lowest BCUT2D eigenvalue weighted by atomic mass is 9.74. The number of carbonyl (C=O) groups is 1. The van der Waals surface area contributed by atoms with Gasteiger partial charge in [-0.15, -0.1) is 0 Å². The molecule has 1 heterocycles. The second kappa shape index (κ2) is 6.74. The van der Waals surface area contributed by atoms with Crippen LogP contribution in [0.4, 0.5) is 8.78 Å². The van der Waals surface area contributed by atoms with E-state index in [1.807, 2.05) is 0 Å². The van der Waals surface area contributed by atoms with Crippen molar-refractivity contribution in [2.45, 2.75) is 88.3 Å². The van der Waals surface area contributed by atoms with Gasteiger partial charge in [0.25, 0.3) is 0 Å². The van der Waals surface area contributed by atoms with Crippen LogP contribution in [0.1, 0.15) is 58.8 Å². The zero-order valence-corrected chi connectivity index (χ0v) is 16.6. The van der Waals surface area contributed by atoms with E-state index in [1.54, 1.807) is 6.92 Å². The number of aliphatic hydroxyl groups is 1. The minimum absolute atomic E-state index is 0.110. The third-order valence-corrected chi connectivity index (χ3v) is 7.44. The molecule has 1 saturated heterocycles. The second-order valence-electron chi connectivity index (χ2n) is 9.35. The zero-order chi connectivity index (χ0) is 20.3. The number of carbonyl (C=O) groups excluding carboxylic acids is 1. The molecule has 158 valence electrons. The third-order valence-electron chi connectivity index (χ3n) is 7.44. The van der Waals surface area contributed by atoms with E-state index in [2.05, 4.69) is 6.58 Å². The summed E-state index contributed by atoms with van der Waals surface area (Å²) < 4.78 is 45.9. The Kier molecular flexibility index (Phi) is 4.87. The standard InChI is InChI=1S/C21H30F2O5/c1-12(2)18(24)27-16-10-13-8-14(16)9-15(13)20(6-4-5-7-20)28-17-11-26-19(3,25)21(17,22)23/h13-17,25H,1,4-11H2,2-3H3. The molecule has 4 rings (SSSR count). The summed E-state index contributed by atoms with van der Waals surface area (Å²) in [6.45, 7) is 5.96. The Morgan fingerprint density at radius 3 is 2.36 bits per heavy atom. The molecule has 3 aliphatic carbocycles. The molecule has 4 fully saturated rings. The summed E-state index contributed by atoms with van der Waals surface area (Å²) in [5, 5.41) is 9.88. The molecule has 0 aromatic carbocycles. The van der Waals surface area contributed by atoms with Crippen molar-refractivity contribution < 1.29 is 32.9 Å². The minimum atomic E-state index is -3.44. The monoisotopic (exact) mass is 400 g/mol. The lowest BCUT2D eigenvalue weighted by Gasteiger charge is -2.43. The molecule has 1 aliphatic heterocycles. The molecule has 28 heavy (non-hydrogen) atoms. The second-order valence-corrected chi connectivity index (χ2v) is 9.35. The first-order valence-corrected chi connectivity index (χ1v) is 10.3. The fraction of sp³-hybridized carbons (Fsp3) is 0.857. The van der Waals surface area contributed by atoms with Crippen LogP contribution in [0.3, 0.4) is 0 Å². The predicted octanol–water partition coefficient (Wildman–Crippen LogP) is 3.59. The van der Waals surface area contributed by atoms with Crippen molar-refractivity contribution in [2.75, 3.05) is 6.61 Å². The average molecular weight is 400 g/mol. The summed E-state index contributed by atoms with van der Waals surface area (Å²) >= 11 is 0. The fourth-order valence-corrected chi connectivity index (χ4v) is 5.93. The van der Waals surface area contributed by atoms with Gasteiger partial charge in [0.1, 0.15) is 6.10 Å². The van der Waals surface area contributed by atoms with Crippen LogP contribution in [-0.2, 0) is 19.0 Å². The van der Waals surface area contributed by atoms with Crippen LogP contribution in [0.25, 0.3) is 0 Å². The minimum Gasteiger partial charge on any atom is -0.459 e. The maximum Gasteiger partial charge on any atom is 0.333 e. The molecule has 2 bridgehead atoms. The van der Waals surface area contributed by atoms with Crippen LogP contribution in [-0.4, -0.2) is 47.2 Å².